The Kier molecular flexibility index (Phi) is 52.2. The van der Waals surface area contributed by atoms with Crippen molar-refractivity contribution in [3.8, 4) is 0 Å². The third-order valence-corrected chi connectivity index (χ3v) is 18.8. The van der Waals surface area contributed by atoms with Gasteiger partial charge in [0.05, 0.1) is 38.6 Å². The van der Waals surface area contributed by atoms with Gasteiger partial charge in [-0.25, -0.2) is 0 Å². The lowest BCUT2D eigenvalue weighted by Gasteiger charge is -2.48. The van der Waals surface area contributed by atoms with Gasteiger partial charge < -0.3 is 89.9 Å². The molecule has 3 rings (SSSR count). The molecule has 95 heavy (non-hydrogen) atoms. The largest absolute Gasteiger partial charge is 0.394 e. The molecule has 0 aromatic heterocycles. The minimum Gasteiger partial charge on any atom is -0.394 e. The summed E-state index contributed by atoms with van der Waals surface area (Å²) in [5.41, 5.74) is 0. The van der Waals surface area contributed by atoms with Crippen molar-refractivity contribution in [1.29, 1.82) is 0 Å². The monoisotopic (exact) mass is 1350 g/mol. The number of aliphatic hydroxyl groups is 11. The van der Waals surface area contributed by atoms with E-state index in [1.807, 2.05) is 6.08 Å². The maximum absolute atomic E-state index is 13.4. The zero-order chi connectivity index (χ0) is 68.9. The van der Waals surface area contributed by atoms with Gasteiger partial charge in [-0.05, 0) is 70.6 Å². The van der Waals surface area contributed by atoms with E-state index >= 15 is 0 Å². The van der Waals surface area contributed by atoms with Crippen molar-refractivity contribution < 1.29 is 89.4 Å². The molecule has 0 aromatic rings. The summed E-state index contributed by atoms with van der Waals surface area (Å²) >= 11 is 0. The molecule has 0 radical (unpaired) electrons. The fourth-order valence-corrected chi connectivity index (χ4v) is 12.6. The van der Waals surface area contributed by atoms with Crippen LogP contribution in [0.4, 0.5) is 0 Å². The van der Waals surface area contributed by atoms with Crippen molar-refractivity contribution in [3.63, 3.8) is 0 Å². The van der Waals surface area contributed by atoms with Crippen LogP contribution >= 0.6 is 0 Å². The third kappa shape index (κ3) is 38.2. The molecule has 0 aromatic carbocycles. The number of hydrogen-bond acceptors (Lipinski definition) is 18. The molecule has 3 aliphatic heterocycles. The number of ether oxygens (including phenoxy) is 6. The van der Waals surface area contributed by atoms with Crippen LogP contribution in [-0.2, 0) is 33.2 Å². The molecule has 0 saturated carbocycles. The number of allylic oxidation sites excluding steroid dienone is 9. The molecule has 3 fully saturated rings. The molecular weight excluding hydrogens is 1210 g/mol. The van der Waals surface area contributed by atoms with Crippen LogP contribution in [0.5, 0.6) is 0 Å². The molecule has 0 bridgehead atoms. The van der Waals surface area contributed by atoms with E-state index in [9.17, 15) is 61.0 Å². The average molecular weight is 1350 g/mol. The van der Waals surface area contributed by atoms with Crippen molar-refractivity contribution in [1.82, 2.24) is 5.32 Å². The topological polar surface area (TPSA) is 307 Å². The van der Waals surface area contributed by atoms with E-state index in [1.165, 1.54) is 199 Å². The Balaban J connectivity index is 1.31. The molecule has 12 N–H and O–H groups in total. The molecule has 1 amide bonds. The van der Waals surface area contributed by atoms with Crippen LogP contribution in [-0.4, -0.2) is 193 Å². The van der Waals surface area contributed by atoms with E-state index in [2.05, 4.69) is 67.8 Å². The second kappa shape index (κ2) is 57.2. The number of unbranched alkanes of at least 4 members (excludes halogenated alkanes) is 35. The Morgan fingerprint density at radius 3 is 1.13 bits per heavy atom. The first-order chi connectivity index (χ1) is 46.3. The summed E-state index contributed by atoms with van der Waals surface area (Å²) in [4.78, 5) is 13.4. The molecule has 0 aliphatic carbocycles. The van der Waals surface area contributed by atoms with Crippen molar-refractivity contribution in [2.75, 3.05) is 26.4 Å². The first-order valence-electron chi connectivity index (χ1n) is 38.0. The van der Waals surface area contributed by atoms with Gasteiger partial charge in [-0.3, -0.25) is 4.79 Å². The molecule has 19 nitrogen and oxygen atoms in total. The highest BCUT2D eigenvalue weighted by Crippen LogP contribution is 2.33. The lowest BCUT2D eigenvalue weighted by Crippen LogP contribution is -2.66. The van der Waals surface area contributed by atoms with E-state index in [-0.39, 0.29) is 18.9 Å². The Labute approximate surface area is 573 Å². The molecule has 17 unspecified atom stereocenters. The number of rotatable bonds is 59. The lowest BCUT2D eigenvalue weighted by atomic mass is 9.96. The SMILES string of the molecule is CCCCCCC/C=C\C/C=C\C/C=C\CCCCCCCCCCCCCCCCCCCCCCCCC(=O)NC(COC1OC(CO)C(OC2OC(CO)C(OC3OC(CO)C(O)C(O)C3O)C(O)C2O)C(O)C1O)C(O)/C=C/CC/C=C/CCCCCCCCC. The molecule has 19 heteroatoms. The van der Waals surface area contributed by atoms with Gasteiger partial charge in [-0.2, -0.15) is 0 Å². The van der Waals surface area contributed by atoms with Crippen LogP contribution in [0.2, 0.25) is 0 Å². The Morgan fingerprint density at radius 1 is 0.379 bits per heavy atom. The maximum Gasteiger partial charge on any atom is 0.220 e. The molecule has 0 spiro atoms. The summed E-state index contributed by atoms with van der Waals surface area (Å²) in [5, 5.41) is 120. The summed E-state index contributed by atoms with van der Waals surface area (Å²) in [6.45, 7) is 1.70. The van der Waals surface area contributed by atoms with Gasteiger partial charge in [0.15, 0.2) is 18.9 Å². The highest BCUT2D eigenvalue weighted by Gasteiger charge is 2.53. The molecule has 3 saturated heterocycles. The number of aliphatic hydroxyl groups excluding tert-OH is 11. The first-order valence-corrected chi connectivity index (χ1v) is 38.0. The zero-order valence-electron chi connectivity index (χ0n) is 58.9. The molecule has 17 atom stereocenters. The van der Waals surface area contributed by atoms with Crippen molar-refractivity contribution >= 4 is 5.91 Å². The number of carbonyl (C=O) groups is 1. The van der Waals surface area contributed by atoms with Crippen molar-refractivity contribution in [3.05, 3.63) is 60.8 Å². The fourth-order valence-electron chi connectivity index (χ4n) is 12.6. The third-order valence-electron chi connectivity index (χ3n) is 18.8. The van der Waals surface area contributed by atoms with Gasteiger partial charge in [0.2, 0.25) is 5.91 Å². The van der Waals surface area contributed by atoms with Gasteiger partial charge in [-0.1, -0.05) is 267 Å². The van der Waals surface area contributed by atoms with E-state index in [0.29, 0.717) is 12.8 Å². The van der Waals surface area contributed by atoms with Crippen molar-refractivity contribution in [2.24, 2.45) is 0 Å². The van der Waals surface area contributed by atoms with Crippen LogP contribution in [0, 0.1) is 0 Å². The minimum atomic E-state index is -1.98. The molecule has 3 aliphatic rings. The second-order valence-electron chi connectivity index (χ2n) is 27.1. The number of amides is 1. The molecular formula is C76H137NO18. The average Bonchev–Trinajstić information content (AvgIpc) is 0.791. The number of nitrogens with one attached hydrogen (secondary N) is 1. The van der Waals surface area contributed by atoms with Crippen LogP contribution in [0.1, 0.15) is 284 Å². The van der Waals surface area contributed by atoms with E-state index in [4.69, 9.17) is 28.4 Å². The van der Waals surface area contributed by atoms with Gasteiger partial charge in [0.25, 0.3) is 0 Å². The van der Waals surface area contributed by atoms with Gasteiger partial charge >= 0.3 is 0 Å². The van der Waals surface area contributed by atoms with E-state index in [0.717, 1.165) is 51.4 Å². The molecule has 3 heterocycles. The summed E-state index contributed by atoms with van der Waals surface area (Å²) < 4.78 is 34.3. The number of carbonyl (C=O) groups excluding carboxylic acids is 1. The van der Waals surface area contributed by atoms with Gasteiger partial charge in [0, 0.05) is 6.42 Å². The standard InChI is InChI=1S/C76H137NO18/c1-3-5-7-9-11-13-15-17-18-19-20-21-22-23-24-25-26-27-28-29-30-31-32-33-34-35-36-37-38-39-40-42-44-46-48-50-52-54-64(82)77-59(60(81)53-51-49-47-45-43-41-16-14-12-10-8-6-4-2)58-90-74-70(88)67(85)72(62(56-79)92-74)95-76-71(89)68(86)73(63(57-80)93-76)94-75-69(87)66(84)65(83)61(55-78)91-75/h15,17,19-20,22-23,43,45,51,53,59-63,65-76,78-81,83-89H,3-14,16,18,21,24-42,44,46-50,52,54-58H2,1-2H3,(H,77,82)/b17-15-,20-19-,23-22-,45-43+,53-51+. The summed E-state index contributed by atoms with van der Waals surface area (Å²) in [5.74, 6) is -0.283. The highest BCUT2D eigenvalue weighted by atomic mass is 16.8. The van der Waals surface area contributed by atoms with E-state index in [1.54, 1.807) is 6.08 Å². The Hall–Kier alpha value is -2.51. The maximum atomic E-state index is 13.4. The fraction of sp³-hybridized carbons (Fsp3) is 0.855. The first kappa shape index (κ1) is 86.7. The highest BCUT2D eigenvalue weighted by molar-refractivity contribution is 5.76. The predicted octanol–water partition coefficient (Wildman–Crippen LogP) is 11.5. The summed E-state index contributed by atoms with van der Waals surface area (Å²) in [6, 6.07) is -0.989. The van der Waals surface area contributed by atoms with Crippen molar-refractivity contribution in [2.45, 2.75) is 388 Å². The number of hydrogen-bond donors (Lipinski definition) is 12. The van der Waals surface area contributed by atoms with Crippen LogP contribution in [0.15, 0.2) is 60.8 Å². The van der Waals surface area contributed by atoms with Gasteiger partial charge in [0.1, 0.15) is 73.2 Å². The van der Waals surface area contributed by atoms with E-state index < -0.39 is 124 Å². The Morgan fingerprint density at radius 2 is 0.705 bits per heavy atom. The smallest absolute Gasteiger partial charge is 0.220 e. The quantitative estimate of drug-likeness (QED) is 0.0199. The second-order valence-corrected chi connectivity index (χ2v) is 27.1. The van der Waals surface area contributed by atoms with Crippen LogP contribution in [0.3, 0.4) is 0 Å². The Bertz CT molecular complexity index is 1950. The lowest BCUT2D eigenvalue weighted by molar-refractivity contribution is -0.379. The minimum absolute atomic E-state index is 0.237. The molecule has 554 valence electrons. The zero-order valence-corrected chi connectivity index (χ0v) is 58.9. The normalized spacial score (nSPS) is 27.5. The predicted molar refractivity (Wildman–Crippen MR) is 374 cm³/mol. The van der Waals surface area contributed by atoms with Crippen LogP contribution in [0.25, 0.3) is 0 Å². The summed E-state index contributed by atoms with van der Waals surface area (Å²) in [6.07, 6.45) is 45.2. The van der Waals surface area contributed by atoms with Crippen LogP contribution < -0.4 is 5.32 Å². The van der Waals surface area contributed by atoms with Gasteiger partial charge in [-0.15, -0.1) is 0 Å². The summed E-state index contributed by atoms with van der Waals surface area (Å²) in [7, 11) is 0.